The Balaban J connectivity index is 3.52. The molecule has 0 saturated heterocycles. The van der Waals surface area contributed by atoms with Gasteiger partial charge in [-0.1, -0.05) is 47.0 Å². The minimum Gasteiger partial charge on any atom is -0.295 e. The van der Waals surface area contributed by atoms with Gasteiger partial charge in [-0.25, -0.2) is 0 Å². The normalized spacial score (nSPS) is 13.4. The van der Waals surface area contributed by atoms with E-state index in [1.54, 1.807) is 0 Å². The minimum atomic E-state index is 0.950. The van der Waals surface area contributed by atoms with Crippen LogP contribution in [0.4, 0.5) is 0 Å². The summed E-state index contributed by atoms with van der Waals surface area (Å²) < 4.78 is 0. The van der Waals surface area contributed by atoms with Crippen molar-refractivity contribution in [3.63, 3.8) is 0 Å². The molecule has 1 atom stereocenters. The molecule has 2 heteroatoms. The van der Waals surface area contributed by atoms with Gasteiger partial charge in [-0.2, -0.15) is 0 Å². The Bertz CT molecular complexity index is 124. The molecule has 1 nitrogen and oxygen atoms in total. The molecular formula is C13H29NS. The van der Waals surface area contributed by atoms with Crippen LogP contribution in [0.2, 0.25) is 0 Å². The molecule has 0 fully saturated rings. The second kappa shape index (κ2) is 10.8. The van der Waals surface area contributed by atoms with Crippen LogP contribution in [0.1, 0.15) is 53.4 Å². The Morgan fingerprint density at radius 3 is 2.20 bits per heavy atom. The lowest BCUT2D eigenvalue weighted by Gasteiger charge is -2.19. The van der Waals surface area contributed by atoms with Crippen molar-refractivity contribution in [2.75, 3.05) is 24.7 Å². The maximum absolute atomic E-state index is 2.50. The van der Waals surface area contributed by atoms with Crippen LogP contribution in [-0.4, -0.2) is 29.6 Å². The molecule has 0 aliphatic rings. The van der Waals surface area contributed by atoms with Gasteiger partial charge >= 0.3 is 0 Å². The number of rotatable bonds is 10. The summed E-state index contributed by atoms with van der Waals surface area (Å²) in [5.41, 5.74) is 0. The third kappa shape index (κ3) is 8.15. The van der Waals surface area contributed by atoms with E-state index < -0.39 is 0 Å². The van der Waals surface area contributed by atoms with Gasteiger partial charge in [0.1, 0.15) is 0 Å². The zero-order valence-electron chi connectivity index (χ0n) is 11.1. The van der Waals surface area contributed by atoms with Crippen LogP contribution in [-0.2, 0) is 0 Å². The maximum Gasteiger partial charge on any atom is 0.0444 e. The van der Waals surface area contributed by atoms with Crippen molar-refractivity contribution in [2.24, 2.45) is 5.92 Å². The van der Waals surface area contributed by atoms with Crippen molar-refractivity contribution in [1.29, 1.82) is 0 Å². The van der Waals surface area contributed by atoms with Gasteiger partial charge in [0.25, 0.3) is 0 Å². The van der Waals surface area contributed by atoms with Gasteiger partial charge < -0.3 is 0 Å². The van der Waals surface area contributed by atoms with E-state index in [4.69, 9.17) is 0 Å². The maximum atomic E-state index is 2.50. The van der Waals surface area contributed by atoms with Crippen LogP contribution in [0.5, 0.6) is 0 Å². The SMILES string of the molecule is CCCCC(CC)CSCN(CC)CC. The number of nitrogens with zero attached hydrogens (tertiary/aromatic N) is 1. The largest absolute Gasteiger partial charge is 0.295 e. The van der Waals surface area contributed by atoms with Crippen LogP contribution >= 0.6 is 11.8 Å². The zero-order chi connectivity index (χ0) is 11.5. The first-order chi connectivity index (χ1) is 7.28. The van der Waals surface area contributed by atoms with Crippen molar-refractivity contribution < 1.29 is 0 Å². The van der Waals surface area contributed by atoms with Crippen LogP contribution in [0.15, 0.2) is 0 Å². The highest BCUT2D eigenvalue weighted by molar-refractivity contribution is 7.99. The Labute approximate surface area is 101 Å². The van der Waals surface area contributed by atoms with Gasteiger partial charge in [0.2, 0.25) is 0 Å². The first-order valence-electron chi connectivity index (χ1n) is 6.58. The van der Waals surface area contributed by atoms with Crippen molar-refractivity contribution in [3.05, 3.63) is 0 Å². The molecular weight excluding hydrogens is 202 g/mol. The Hall–Kier alpha value is 0.310. The lowest BCUT2D eigenvalue weighted by Crippen LogP contribution is -2.22. The van der Waals surface area contributed by atoms with Gasteiger partial charge in [0.05, 0.1) is 0 Å². The van der Waals surface area contributed by atoms with E-state index in [1.807, 2.05) is 0 Å². The molecule has 0 heterocycles. The highest BCUT2D eigenvalue weighted by Crippen LogP contribution is 2.18. The second-order valence-corrected chi connectivity index (χ2v) is 5.22. The average Bonchev–Trinajstić information content (AvgIpc) is 2.28. The highest BCUT2D eigenvalue weighted by Gasteiger charge is 2.06. The van der Waals surface area contributed by atoms with Crippen LogP contribution in [0.25, 0.3) is 0 Å². The minimum absolute atomic E-state index is 0.950. The van der Waals surface area contributed by atoms with E-state index in [-0.39, 0.29) is 0 Å². The van der Waals surface area contributed by atoms with E-state index in [0.29, 0.717) is 0 Å². The summed E-state index contributed by atoms with van der Waals surface area (Å²) in [5.74, 6) is 3.52. The second-order valence-electron chi connectivity index (χ2n) is 4.22. The molecule has 0 spiro atoms. The molecule has 0 aliphatic heterocycles. The van der Waals surface area contributed by atoms with Gasteiger partial charge in [-0.05, 0) is 31.2 Å². The molecule has 0 saturated carbocycles. The van der Waals surface area contributed by atoms with Crippen molar-refractivity contribution in [3.8, 4) is 0 Å². The fourth-order valence-corrected chi connectivity index (χ4v) is 3.12. The lowest BCUT2D eigenvalue weighted by atomic mass is 10.0. The smallest absolute Gasteiger partial charge is 0.0444 e. The molecule has 92 valence electrons. The van der Waals surface area contributed by atoms with E-state index in [9.17, 15) is 0 Å². The predicted octanol–water partition coefficient (Wildman–Crippen LogP) is 4.24. The Morgan fingerprint density at radius 2 is 1.73 bits per heavy atom. The quantitative estimate of drug-likeness (QED) is 0.518. The summed E-state index contributed by atoms with van der Waals surface area (Å²) in [5, 5.41) is 0. The number of hydrogen-bond donors (Lipinski definition) is 0. The molecule has 0 rings (SSSR count). The number of hydrogen-bond acceptors (Lipinski definition) is 2. The number of thioether (sulfide) groups is 1. The third-order valence-corrected chi connectivity index (χ3v) is 4.32. The molecule has 0 aromatic heterocycles. The van der Waals surface area contributed by atoms with E-state index in [0.717, 1.165) is 5.92 Å². The van der Waals surface area contributed by atoms with Gasteiger partial charge in [-0.3, -0.25) is 4.90 Å². The summed E-state index contributed by atoms with van der Waals surface area (Å²) in [4.78, 5) is 2.50. The van der Waals surface area contributed by atoms with Gasteiger partial charge in [0.15, 0.2) is 0 Å². The molecule has 1 unspecified atom stereocenters. The van der Waals surface area contributed by atoms with Crippen molar-refractivity contribution in [2.45, 2.75) is 53.4 Å². The monoisotopic (exact) mass is 231 g/mol. The first-order valence-corrected chi connectivity index (χ1v) is 7.73. The molecule has 0 amide bonds. The van der Waals surface area contributed by atoms with Crippen molar-refractivity contribution >= 4 is 11.8 Å². The molecule has 0 N–H and O–H groups in total. The summed E-state index contributed by atoms with van der Waals surface area (Å²) in [6.07, 6.45) is 5.53. The van der Waals surface area contributed by atoms with Gasteiger partial charge in [0, 0.05) is 5.88 Å². The number of unbranched alkanes of at least 4 members (excludes halogenated alkanes) is 1. The van der Waals surface area contributed by atoms with Crippen molar-refractivity contribution in [1.82, 2.24) is 4.90 Å². The van der Waals surface area contributed by atoms with E-state index >= 15 is 0 Å². The molecule has 0 radical (unpaired) electrons. The summed E-state index contributed by atoms with van der Waals surface area (Å²) in [6.45, 7) is 11.5. The predicted molar refractivity (Wildman–Crippen MR) is 73.6 cm³/mol. The molecule has 0 aromatic rings. The van der Waals surface area contributed by atoms with Crippen LogP contribution < -0.4 is 0 Å². The fourth-order valence-electron chi connectivity index (χ4n) is 1.65. The zero-order valence-corrected chi connectivity index (χ0v) is 11.9. The average molecular weight is 231 g/mol. The molecule has 0 aromatic carbocycles. The highest BCUT2D eigenvalue weighted by atomic mass is 32.2. The van der Waals surface area contributed by atoms with Crippen LogP contribution in [0, 0.1) is 5.92 Å². The summed E-state index contributed by atoms with van der Waals surface area (Å²) >= 11 is 2.12. The summed E-state index contributed by atoms with van der Waals surface area (Å²) in [6, 6.07) is 0. The lowest BCUT2D eigenvalue weighted by molar-refractivity contribution is 0.357. The fraction of sp³-hybridized carbons (Fsp3) is 1.00. The Kier molecular flexibility index (Phi) is 11.0. The summed E-state index contributed by atoms with van der Waals surface area (Å²) in [7, 11) is 0. The van der Waals surface area contributed by atoms with Gasteiger partial charge in [-0.15, -0.1) is 11.8 Å². The molecule has 15 heavy (non-hydrogen) atoms. The van der Waals surface area contributed by atoms with Crippen LogP contribution in [0.3, 0.4) is 0 Å². The topological polar surface area (TPSA) is 3.24 Å². The van der Waals surface area contributed by atoms with E-state index in [1.165, 1.54) is 50.4 Å². The molecule has 0 bridgehead atoms. The van der Waals surface area contributed by atoms with E-state index in [2.05, 4.69) is 44.4 Å². The molecule has 0 aliphatic carbocycles. The Morgan fingerprint density at radius 1 is 1.07 bits per heavy atom. The first kappa shape index (κ1) is 15.3. The third-order valence-electron chi connectivity index (χ3n) is 3.07. The standard InChI is InChI=1S/C13H29NS/c1-5-9-10-13(6-2)11-15-12-14(7-3)8-4/h13H,5-12H2,1-4H3.